The number of anilines is 1. The van der Waals surface area contributed by atoms with Gasteiger partial charge in [-0.15, -0.1) is 0 Å². The first-order chi connectivity index (χ1) is 17.2. The number of nitrogens with zero attached hydrogens (tertiary/aromatic N) is 2. The number of esters is 1. The number of hydrogen-bond donors (Lipinski definition) is 1. The van der Waals surface area contributed by atoms with Crippen molar-refractivity contribution in [1.29, 1.82) is 0 Å². The lowest BCUT2D eigenvalue weighted by atomic mass is 9.98. The standard InChI is InChI=1S/C27H23ClN2O6/c1-15(2)36-27(34)16-7-9-17(10-8-16)30-23(21-6-4-5-13-29-21)22(25(32)26(30)33)24(31)19-14-18(35-3)11-12-20(19)28/h4-15,23,31H,1-3H3/b24-22+. The number of aliphatic hydroxyl groups is 1. The van der Waals surface area contributed by atoms with E-state index in [0.717, 1.165) is 0 Å². The van der Waals surface area contributed by atoms with Crippen molar-refractivity contribution in [2.45, 2.75) is 26.0 Å². The minimum atomic E-state index is -1.04. The molecule has 8 nitrogen and oxygen atoms in total. The van der Waals surface area contributed by atoms with Crippen LogP contribution < -0.4 is 9.64 Å². The summed E-state index contributed by atoms with van der Waals surface area (Å²) < 4.78 is 10.4. The molecule has 0 saturated carbocycles. The molecule has 1 aromatic heterocycles. The van der Waals surface area contributed by atoms with Gasteiger partial charge < -0.3 is 14.6 Å². The van der Waals surface area contributed by atoms with Crippen molar-refractivity contribution in [1.82, 2.24) is 4.98 Å². The van der Waals surface area contributed by atoms with E-state index in [1.165, 1.54) is 54.6 Å². The maximum Gasteiger partial charge on any atom is 0.338 e. The molecule has 2 aromatic carbocycles. The predicted molar refractivity (Wildman–Crippen MR) is 134 cm³/mol. The first-order valence-electron chi connectivity index (χ1n) is 11.1. The second-order valence-corrected chi connectivity index (χ2v) is 8.68. The van der Waals surface area contributed by atoms with Gasteiger partial charge in [0.05, 0.1) is 35.1 Å². The molecule has 9 heteroatoms. The number of hydrogen-bond acceptors (Lipinski definition) is 7. The summed E-state index contributed by atoms with van der Waals surface area (Å²) >= 11 is 6.32. The Bertz CT molecular complexity index is 1350. The van der Waals surface area contributed by atoms with Gasteiger partial charge in [-0.25, -0.2) is 4.79 Å². The molecule has 1 fully saturated rings. The Hall–Kier alpha value is -4.17. The lowest BCUT2D eigenvalue weighted by Crippen LogP contribution is -2.29. The molecule has 1 amide bonds. The monoisotopic (exact) mass is 506 g/mol. The Morgan fingerprint density at radius 2 is 1.81 bits per heavy atom. The molecule has 4 rings (SSSR count). The van der Waals surface area contributed by atoms with Gasteiger partial charge in [0.25, 0.3) is 11.7 Å². The van der Waals surface area contributed by atoms with Crippen molar-refractivity contribution in [2.75, 3.05) is 12.0 Å². The van der Waals surface area contributed by atoms with Crippen molar-refractivity contribution < 1.29 is 29.0 Å². The Labute approximate surface area is 212 Å². The van der Waals surface area contributed by atoms with Crippen molar-refractivity contribution in [3.8, 4) is 5.75 Å². The summed E-state index contributed by atoms with van der Waals surface area (Å²) in [6.45, 7) is 3.49. The number of methoxy groups -OCH3 is 1. The second-order valence-electron chi connectivity index (χ2n) is 8.27. The molecule has 1 unspecified atom stereocenters. The number of ketones is 1. The summed E-state index contributed by atoms with van der Waals surface area (Å²) in [5, 5.41) is 11.4. The molecule has 1 saturated heterocycles. The van der Waals surface area contributed by atoms with Crippen LogP contribution in [0.2, 0.25) is 5.02 Å². The van der Waals surface area contributed by atoms with E-state index in [0.29, 0.717) is 22.7 Å². The fraction of sp³-hybridized carbons (Fsp3) is 0.185. The molecule has 0 radical (unpaired) electrons. The normalized spacial score (nSPS) is 16.9. The van der Waals surface area contributed by atoms with Crippen LogP contribution in [0.4, 0.5) is 5.69 Å². The Balaban J connectivity index is 1.85. The third-order valence-electron chi connectivity index (χ3n) is 5.56. The number of halogens is 1. The Kier molecular flexibility index (Phi) is 7.07. The molecule has 1 atom stereocenters. The number of aliphatic hydroxyl groups excluding tert-OH is 1. The quantitative estimate of drug-likeness (QED) is 0.218. The largest absolute Gasteiger partial charge is 0.507 e. The van der Waals surface area contributed by atoms with Crippen molar-refractivity contribution in [3.05, 3.63) is 94.3 Å². The first-order valence-corrected chi connectivity index (χ1v) is 11.5. The van der Waals surface area contributed by atoms with Crippen LogP contribution >= 0.6 is 11.6 Å². The Morgan fingerprint density at radius 1 is 1.08 bits per heavy atom. The molecule has 2 heterocycles. The molecule has 3 aromatic rings. The number of rotatable bonds is 6. The smallest absolute Gasteiger partial charge is 0.338 e. The van der Waals surface area contributed by atoms with Crippen LogP contribution in [-0.4, -0.2) is 41.0 Å². The van der Waals surface area contributed by atoms with Gasteiger partial charge in [0.15, 0.2) is 0 Å². The topological polar surface area (TPSA) is 106 Å². The minimum Gasteiger partial charge on any atom is -0.507 e. The van der Waals surface area contributed by atoms with Crippen LogP contribution in [0.1, 0.15) is 41.5 Å². The molecule has 184 valence electrons. The highest BCUT2D eigenvalue weighted by molar-refractivity contribution is 6.52. The van der Waals surface area contributed by atoms with E-state index in [-0.39, 0.29) is 22.3 Å². The number of pyridine rings is 1. The Morgan fingerprint density at radius 3 is 2.42 bits per heavy atom. The van der Waals surface area contributed by atoms with Crippen molar-refractivity contribution in [2.24, 2.45) is 0 Å². The SMILES string of the molecule is COc1ccc(Cl)c(/C(O)=C2\C(=O)C(=O)N(c3ccc(C(=O)OC(C)C)cc3)C2c2ccccn2)c1. The second kappa shape index (κ2) is 10.2. The summed E-state index contributed by atoms with van der Waals surface area (Å²) in [5.41, 5.74) is 0.964. The summed E-state index contributed by atoms with van der Waals surface area (Å²) in [6, 6.07) is 14.7. The van der Waals surface area contributed by atoms with Gasteiger partial charge >= 0.3 is 5.97 Å². The van der Waals surface area contributed by atoms with Crippen LogP contribution in [0, 0.1) is 0 Å². The highest BCUT2D eigenvalue weighted by Gasteiger charge is 2.47. The molecule has 1 aliphatic heterocycles. The third kappa shape index (κ3) is 4.67. The highest BCUT2D eigenvalue weighted by atomic mass is 35.5. The number of carbonyl (C=O) groups excluding carboxylic acids is 3. The van der Waals surface area contributed by atoms with E-state index in [9.17, 15) is 19.5 Å². The highest BCUT2D eigenvalue weighted by Crippen LogP contribution is 2.42. The van der Waals surface area contributed by atoms with Crippen LogP contribution in [0.15, 0.2) is 72.4 Å². The van der Waals surface area contributed by atoms with Crippen molar-refractivity contribution in [3.63, 3.8) is 0 Å². The van der Waals surface area contributed by atoms with Gasteiger partial charge in [-0.05, 0) is 68.4 Å². The minimum absolute atomic E-state index is 0.140. The van der Waals surface area contributed by atoms with Gasteiger partial charge in [-0.2, -0.15) is 0 Å². The maximum absolute atomic E-state index is 13.3. The zero-order chi connectivity index (χ0) is 26.0. The lowest BCUT2D eigenvalue weighted by Gasteiger charge is -2.24. The van der Waals surface area contributed by atoms with Crippen LogP contribution in [-0.2, 0) is 14.3 Å². The third-order valence-corrected chi connectivity index (χ3v) is 5.89. The molecule has 0 aliphatic carbocycles. The maximum atomic E-state index is 13.3. The van der Waals surface area contributed by atoms with E-state index in [1.807, 2.05) is 0 Å². The number of benzene rings is 2. The number of aromatic nitrogens is 1. The van der Waals surface area contributed by atoms with E-state index >= 15 is 0 Å². The van der Waals surface area contributed by atoms with E-state index in [1.54, 1.807) is 38.1 Å². The van der Waals surface area contributed by atoms with Crippen LogP contribution in [0.3, 0.4) is 0 Å². The molecule has 1 N–H and O–H groups in total. The van der Waals surface area contributed by atoms with Gasteiger partial charge in [-0.3, -0.25) is 19.5 Å². The molecule has 0 spiro atoms. The number of ether oxygens (including phenoxy) is 2. The number of amides is 1. The van der Waals surface area contributed by atoms with E-state index in [2.05, 4.69) is 4.98 Å². The van der Waals surface area contributed by atoms with Crippen LogP contribution in [0.5, 0.6) is 5.75 Å². The summed E-state index contributed by atoms with van der Waals surface area (Å²) in [6.07, 6.45) is 1.24. The van der Waals surface area contributed by atoms with Crippen LogP contribution in [0.25, 0.3) is 5.76 Å². The van der Waals surface area contributed by atoms with Gasteiger partial charge in [0, 0.05) is 17.4 Å². The summed E-state index contributed by atoms with van der Waals surface area (Å²) in [4.78, 5) is 44.3. The van der Waals surface area contributed by atoms with E-state index < -0.39 is 29.5 Å². The van der Waals surface area contributed by atoms with Gasteiger partial charge in [0.1, 0.15) is 17.6 Å². The van der Waals surface area contributed by atoms with Gasteiger partial charge in [0.2, 0.25) is 0 Å². The zero-order valence-electron chi connectivity index (χ0n) is 19.8. The average Bonchev–Trinajstić information content (AvgIpc) is 3.14. The molecular weight excluding hydrogens is 484 g/mol. The number of Topliss-reactive ketones (excluding diaryl/α,β-unsaturated/α-hetero) is 1. The zero-order valence-corrected chi connectivity index (χ0v) is 20.5. The van der Waals surface area contributed by atoms with E-state index in [4.69, 9.17) is 21.1 Å². The summed E-state index contributed by atoms with van der Waals surface area (Å²) in [7, 11) is 1.46. The summed E-state index contributed by atoms with van der Waals surface area (Å²) in [5.74, 6) is -2.30. The fourth-order valence-electron chi connectivity index (χ4n) is 3.91. The first kappa shape index (κ1) is 24.9. The van der Waals surface area contributed by atoms with Gasteiger partial charge in [-0.1, -0.05) is 17.7 Å². The molecule has 0 bridgehead atoms. The average molecular weight is 507 g/mol. The predicted octanol–water partition coefficient (Wildman–Crippen LogP) is 4.94. The fourth-order valence-corrected chi connectivity index (χ4v) is 4.12. The molecule has 1 aliphatic rings. The molecule has 36 heavy (non-hydrogen) atoms. The lowest BCUT2D eigenvalue weighted by molar-refractivity contribution is -0.132. The number of carbonyl (C=O) groups is 3. The molecular formula is C27H23ClN2O6. The van der Waals surface area contributed by atoms with Crippen molar-refractivity contribution >= 4 is 40.7 Å².